The Hall–Kier alpha value is 2.40. The molecular formula is AuCoNiRe. The minimum atomic E-state index is 0. The zero-order valence-corrected chi connectivity index (χ0v) is 8.24. The molecule has 0 aliphatic carbocycles. The van der Waals surface area contributed by atoms with Crippen molar-refractivity contribution in [2.45, 2.75) is 0 Å². The van der Waals surface area contributed by atoms with E-state index in [4.69, 9.17) is 0 Å². The molecule has 4 heavy (non-hydrogen) atoms. The van der Waals surface area contributed by atoms with Gasteiger partial charge in [0, 0.05) is 76.1 Å². The standard InChI is InChI=1S/Au.Co.Ni.Re. The largest absolute Gasteiger partial charge is 0 e. The summed E-state index contributed by atoms with van der Waals surface area (Å²) >= 11 is 0. The summed E-state index contributed by atoms with van der Waals surface area (Å²) in [5.41, 5.74) is 0. The van der Waals surface area contributed by atoms with Gasteiger partial charge in [-0.25, -0.2) is 0 Å². The van der Waals surface area contributed by atoms with Gasteiger partial charge in [-0.15, -0.1) is 0 Å². The first-order valence-corrected chi connectivity index (χ1v) is 0. The Balaban J connectivity index is 0. The normalized spacial score (nSPS) is 0. The molecule has 0 rings (SSSR count). The number of hydrogen-bond acceptors (Lipinski definition) is 0. The van der Waals surface area contributed by atoms with Gasteiger partial charge in [0.25, 0.3) is 0 Å². The molecule has 0 saturated heterocycles. The molecule has 37 valence electrons. The van der Waals surface area contributed by atoms with E-state index in [9.17, 15) is 0 Å². The van der Waals surface area contributed by atoms with Crippen LogP contribution in [0.1, 0.15) is 0 Å². The van der Waals surface area contributed by atoms with Crippen molar-refractivity contribution in [3.8, 4) is 0 Å². The first-order valence-electron chi connectivity index (χ1n) is 0. The summed E-state index contributed by atoms with van der Waals surface area (Å²) in [6, 6.07) is 0. The summed E-state index contributed by atoms with van der Waals surface area (Å²) in [5, 5.41) is 0. The van der Waals surface area contributed by atoms with Crippen LogP contribution in [0.5, 0.6) is 0 Å². The third-order valence-electron chi connectivity index (χ3n) is 0. The first-order chi connectivity index (χ1) is 0. The SMILES string of the molecule is [Au].[Co].[Ni].[Re]. The maximum Gasteiger partial charge on any atom is 0 e. The molecule has 3 radical (unpaired) electrons. The molecule has 0 unspecified atom stereocenters. The molecule has 0 N–H and O–H groups in total. The monoisotopic (exact) mass is 501 g/mol. The third kappa shape index (κ3) is 8.83. The molecule has 0 atom stereocenters. The van der Waals surface area contributed by atoms with Crippen molar-refractivity contribution in [2.75, 3.05) is 0 Å². The predicted molar refractivity (Wildman–Crippen MR) is 0 cm³/mol. The fourth-order valence-corrected chi connectivity index (χ4v) is 0. The summed E-state index contributed by atoms with van der Waals surface area (Å²) in [6.45, 7) is 0. The van der Waals surface area contributed by atoms with Crippen molar-refractivity contribution in [1.82, 2.24) is 0 Å². The van der Waals surface area contributed by atoms with Crippen molar-refractivity contribution >= 4 is 0 Å². The second-order valence-electron chi connectivity index (χ2n) is 0. The van der Waals surface area contributed by atoms with E-state index in [1.807, 2.05) is 0 Å². The molecule has 0 amide bonds. The minimum Gasteiger partial charge on any atom is 0 e. The fourth-order valence-electron chi connectivity index (χ4n) is 0. The van der Waals surface area contributed by atoms with Crippen LogP contribution in [0.2, 0.25) is 0 Å². The quantitative estimate of drug-likeness (QED) is 0.411. The summed E-state index contributed by atoms with van der Waals surface area (Å²) in [6.07, 6.45) is 0. The Kier molecular flexibility index (Phi) is 147. The first kappa shape index (κ1) is 32.4. The van der Waals surface area contributed by atoms with E-state index in [1.165, 1.54) is 0 Å². The second-order valence-corrected chi connectivity index (χ2v) is 0. The molecule has 0 aromatic rings. The van der Waals surface area contributed by atoms with Crippen LogP contribution in [0.4, 0.5) is 0 Å². The van der Waals surface area contributed by atoms with Crippen molar-refractivity contribution in [3.63, 3.8) is 0 Å². The third-order valence-corrected chi connectivity index (χ3v) is 0. The summed E-state index contributed by atoms with van der Waals surface area (Å²) in [4.78, 5) is 0. The van der Waals surface area contributed by atoms with Crippen LogP contribution in [0.25, 0.3) is 0 Å². The van der Waals surface area contributed by atoms with Gasteiger partial charge < -0.3 is 0 Å². The predicted octanol–water partition coefficient (Wildman–Crippen LogP) is -0.0100. The average molecular weight is 501 g/mol. The Morgan fingerprint density at radius 1 is 1.00 bits per heavy atom. The zero-order valence-electron chi connectivity index (χ0n) is 1.33. The topological polar surface area (TPSA) is 0 Å². The van der Waals surface area contributed by atoms with Crippen molar-refractivity contribution in [1.29, 1.82) is 0 Å². The van der Waals surface area contributed by atoms with Gasteiger partial charge in [0.1, 0.15) is 0 Å². The van der Waals surface area contributed by atoms with Crippen molar-refractivity contribution in [2.24, 2.45) is 0 Å². The van der Waals surface area contributed by atoms with Gasteiger partial charge in [0.05, 0.1) is 0 Å². The number of hydrogen-bond donors (Lipinski definition) is 0. The minimum absolute atomic E-state index is 0. The molecule has 0 spiro atoms. The van der Waals surface area contributed by atoms with E-state index in [-0.39, 0.29) is 76.1 Å². The van der Waals surface area contributed by atoms with Gasteiger partial charge in [0.15, 0.2) is 0 Å². The molecule has 0 aromatic carbocycles. The van der Waals surface area contributed by atoms with Crippen LogP contribution < -0.4 is 0 Å². The maximum absolute atomic E-state index is 0. The Morgan fingerprint density at radius 2 is 1.00 bits per heavy atom. The van der Waals surface area contributed by atoms with Gasteiger partial charge in [-0.1, -0.05) is 0 Å². The van der Waals surface area contributed by atoms with E-state index in [0.717, 1.165) is 0 Å². The van der Waals surface area contributed by atoms with Crippen molar-refractivity contribution < 1.29 is 76.1 Å². The Bertz CT molecular complexity index is 8.00. The molecule has 0 nitrogen and oxygen atoms in total. The molecule has 0 saturated carbocycles. The molecule has 0 aromatic heterocycles. The molecule has 4 heteroatoms. The maximum atomic E-state index is 0. The van der Waals surface area contributed by atoms with E-state index in [2.05, 4.69) is 0 Å². The summed E-state index contributed by atoms with van der Waals surface area (Å²) < 4.78 is 0. The van der Waals surface area contributed by atoms with Crippen LogP contribution in [0, 0.1) is 0 Å². The average Bonchev–Trinajstić information content (AvgIpc) is 0. The second kappa shape index (κ2) is 18.1. The van der Waals surface area contributed by atoms with Crippen molar-refractivity contribution in [3.05, 3.63) is 0 Å². The van der Waals surface area contributed by atoms with E-state index in [1.54, 1.807) is 0 Å². The van der Waals surface area contributed by atoms with Crippen LogP contribution in [0.3, 0.4) is 0 Å². The van der Waals surface area contributed by atoms with Crippen LogP contribution in [0.15, 0.2) is 0 Å². The molecule has 0 aliphatic rings. The van der Waals surface area contributed by atoms with Gasteiger partial charge in [0.2, 0.25) is 0 Å². The molecule has 0 heterocycles. The van der Waals surface area contributed by atoms with Crippen LogP contribution in [-0.2, 0) is 76.1 Å². The fraction of sp³-hybridized carbons (Fsp3) is 0. The summed E-state index contributed by atoms with van der Waals surface area (Å²) in [7, 11) is 0. The van der Waals surface area contributed by atoms with Gasteiger partial charge >= 0.3 is 0 Å². The van der Waals surface area contributed by atoms with E-state index in [0.29, 0.717) is 0 Å². The smallest absolute Gasteiger partial charge is 0 e. The summed E-state index contributed by atoms with van der Waals surface area (Å²) in [5.74, 6) is 0. The van der Waals surface area contributed by atoms with Crippen LogP contribution in [-0.4, -0.2) is 0 Å². The number of rotatable bonds is 0. The van der Waals surface area contributed by atoms with Gasteiger partial charge in [-0.3, -0.25) is 0 Å². The molecular weight excluding hydrogens is 501 g/mol. The van der Waals surface area contributed by atoms with Crippen LogP contribution >= 0.6 is 0 Å². The molecule has 0 aliphatic heterocycles. The van der Waals surface area contributed by atoms with E-state index >= 15 is 0 Å². The Labute approximate surface area is 75.1 Å². The Morgan fingerprint density at radius 3 is 1.00 bits per heavy atom. The van der Waals surface area contributed by atoms with Gasteiger partial charge in [-0.2, -0.15) is 0 Å². The van der Waals surface area contributed by atoms with Gasteiger partial charge in [-0.05, 0) is 0 Å². The zero-order chi connectivity index (χ0) is 0. The molecule has 0 bridgehead atoms. The van der Waals surface area contributed by atoms with E-state index < -0.39 is 0 Å². The molecule has 0 fully saturated rings.